The minimum Gasteiger partial charge on any atom is -0.367 e. The Morgan fingerprint density at radius 2 is 1.81 bits per heavy atom. The highest BCUT2D eigenvalue weighted by Crippen LogP contribution is 2.23. The van der Waals surface area contributed by atoms with Crippen molar-refractivity contribution < 1.29 is 14.4 Å². The van der Waals surface area contributed by atoms with Gasteiger partial charge in [0.2, 0.25) is 5.95 Å². The van der Waals surface area contributed by atoms with Crippen LogP contribution in [0, 0.1) is 5.41 Å². The second-order valence-corrected chi connectivity index (χ2v) is 8.24. The summed E-state index contributed by atoms with van der Waals surface area (Å²) in [4.78, 5) is 37.3. The maximum atomic E-state index is 12.5. The first-order valence-corrected chi connectivity index (χ1v) is 9.78. The lowest BCUT2D eigenvalue weighted by atomic mass is 9.98. The molecule has 2 aromatic heterocycles. The quantitative estimate of drug-likeness (QED) is 0.466. The first-order valence-electron chi connectivity index (χ1n) is 9.78. The summed E-state index contributed by atoms with van der Waals surface area (Å²) < 4.78 is 1.16. The van der Waals surface area contributed by atoms with Crippen molar-refractivity contribution in [3.05, 3.63) is 66.5 Å². The number of fused-ring (bicyclic) bond motifs is 1. The number of nitrogens with one attached hydrogen (secondary N) is 2. The topological polar surface area (TPSA) is 115 Å². The molecule has 0 unspecified atom stereocenters. The molecule has 0 spiro atoms. The second-order valence-electron chi connectivity index (χ2n) is 8.24. The summed E-state index contributed by atoms with van der Waals surface area (Å²) in [7, 11) is 0. The third-order valence-electron chi connectivity index (χ3n) is 4.71. The molecule has 8 nitrogen and oxygen atoms in total. The monoisotopic (exact) mass is 417 g/mol. The smallest absolute Gasteiger partial charge is 0.338 e. The van der Waals surface area contributed by atoms with E-state index in [2.05, 4.69) is 15.3 Å². The molecule has 4 aromatic rings. The van der Waals surface area contributed by atoms with Crippen LogP contribution in [0.25, 0.3) is 22.2 Å². The van der Waals surface area contributed by atoms with E-state index in [9.17, 15) is 9.59 Å². The van der Waals surface area contributed by atoms with Crippen molar-refractivity contribution in [1.82, 2.24) is 14.7 Å². The Kier molecular flexibility index (Phi) is 4.98. The molecular formula is C23H23N5O3. The van der Waals surface area contributed by atoms with Gasteiger partial charge >= 0.3 is 5.97 Å². The standard InChI is InChI=1S/C23H23N5O3/c1-23(2,3)21(30)31-28-13-19(27-22(28)24)14-8-10-16(11-9-14)25-20(29)18-12-15-6-4-5-7-17(15)26-18/h4-13,26H,1-3H3,(H2,24,27)(H,25,29). The van der Waals surface area contributed by atoms with Crippen LogP contribution in [0.1, 0.15) is 31.3 Å². The summed E-state index contributed by atoms with van der Waals surface area (Å²) >= 11 is 0. The fraction of sp³-hybridized carbons (Fsp3) is 0.174. The lowest BCUT2D eigenvalue weighted by Gasteiger charge is -2.16. The van der Waals surface area contributed by atoms with E-state index < -0.39 is 11.4 Å². The number of amides is 1. The average molecular weight is 417 g/mol. The summed E-state index contributed by atoms with van der Waals surface area (Å²) in [5, 5.41) is 3.84. The molecule has 0 aliphatic heterocycles. The number of anilines is 2. The van der Waals surface area contributed by atoms with Crippen molar-refractivity contribution in [3.8, 4) is 11.3 Å². The third kappa shape index (κ3) is 4.28. The minimum absolute atomic E-state index is 0.0730. The van der Waals surface area contributed by atoms with Crippen molar-refractivity contribution in [1.29, 1.82) is 0 Å². The number of nitrogens with zero attached hydrogens (tertiary/aromatic N) is 2. The number of H-pyrrole nitrogens is 1. The van der Waals surface area contributed by atoms with Gasteiger partial charge < -0.3 is 20.9 Å². The molecular weight excluding hydrogens is 394 g/mol. The van der Waals surface area contributed by atoms with E-state index in [1.54, 1.807) is 51.2 Å². The molecule has 0 radical (unpaired) electrons. The van der Waals surface area contributed by atoms with Crippen LogP contribution in [0.2, 0.25) is 0 Å². The van der Waals surface area contributed by atoms with Gasteiger partial charge in [0.15, 0.2) is 0 Å². The van der Waals surface area contributed by atoms with Crippen molar-refractivity contribution >= 4 is 34.4 Å². The Balaban J connectivity index is 1.47. The number of rotatable bonds is 4. The summed E-state index contributed by atoms with van der Waals surface area (Å²) in [5.74, 6) is -0.575. The molecule has 0 fully saturated rings. The second kappa shape index (κ2) is 7.64. The first-order chi connectivity index (χ1) is 14.7. The molecule has 8 heteroatoms. The van der Waals surface area contributed by atoms with Gasteiger partial charge in [-0.1, -0.05) is 30.3 Å². The van der Waals surface area contributed by atoms with Gasteiger partial charge in [-0.25, -0.2) is 9.78 Å². The van der Waals surface area contributed by atoms with Gasteiger partial charge in [0.05, 0.1) is 17.3 Å². The van der Waals surface area contributed by atoms with Crippen LogP contribution >= 0.6 is 0 Å². The maximum absolute atomic E-state index is 12.5. The van der Waals surface area contributed by atoms with E-state index in [1.165, 1.54) is 0 Å². The number of benzene rings is 2. The van der Waals surface area contributed by atoms with Crippen LogP contribution < -0.4 is 15.9 Å². The summed E-state index contributed by atoms with van der Waals surface area (Å²) in [6, 6.07) is 16.7. The lowest BCUT2D eigenvalue weighted by molar-refractivity contribution is -0.153. The number of nitrogen functional groups attached to an aromatic ring is 1. The zero-order valence-corrected chi connectivity index (χ0v) is 17.5. The summed E-state index contributed by atoms with van der Waals surface area (Å²) in [5.41, 5.74) is 8.55. The number of para-hydroxylation sites is 1. The highest BCUT2D eigenvalue weighted by molar-refractivity contribution is 6.06. The molecule has 0 aliphatic carbocycles. The van der Waals surface area contributed by atoms with Crippen molar-refractivity contribution in [2.24, 2.45) is 5.41 Å². The number of carbonyl (C=O) groups excluding carboxylic acids is 2. The normalized spacial score (nSPS) is 11.5. The van der Waals surface area contributed by atoms with Crippen molar-refractivity contribution in [3.63, 3.8) is 0 Å². The fourth-order valence-corrected chi connectivity index (χ4v) is 2.94. The van der Waals surface area contributed by atoms with Gasteiger partial charge in [-0.2, -0.15) is 0 Å². The zero-order chi connectivity index (χ0) is 22.2. The molecule has 0 atom stereocenters. The number of aromatic nitrogens is 3. The van der Waals surface area contributed by atoms with E-state index in [0.29, 0.717) is 17.1 Å². The Bertz CT molecular complexity index is 1230. The van der Waals surface area contributed by atoms with Gasteiger partial charge in [-0.05, 0) is 45.0 Å². The van der Waals surface area contributed by atoms with Gasteiger partial charge in [0.1, 0.15) is 5.69 Å². The Labute approximate surface area is 179 Å². The van der Waals surface area contributed by atoms with Crippen LogP contribution in [-0.4, -0.2) is 26.6 Å². The minimum atomic E-state index is -0.665. The van der Waals surface area contributed by atoms with E-state index in [0.717, 1.165) is 21.2 Å². The van der Waals surface area contributed by atoms with E-state index >= 15 is 0 Å². The SMILES string of the molecule is CC(C)(C)C(=O)On1cc(-c2ccc(NC(=O)c3cc4ccccc4[nH]3)cc2)nc1N. The predicted octanol–water partition coefficient (Wildman–Crippen LogP) is 3.87. The molecule has 2 aromatic carbocycles. The van der Waals surface area contributed by atoms with Crippen LogP contribution in [0.4, 0.5) is 11.6 Å². The fourth-order valence-electron chi connectivity index (χ4n) is 2.94. The van der Waals surface area contributed by atoms with Crippen LogP contribution in [0.3, 0.4) is 0 Å². The van der Waals surface area contributed by atoms with Crippen LogP contribution in [0.15, 0.2) is 60.8 Å². The number of hydrogen-bond donors (Lipinski definition) is 3. The molecule has 4 N–H and O–H groups in total. The summed E-state index contributed by atoms with van der Waals surface area (Å²) in [6.45, 7) is 5.27. The molecule has 0 saturated heterocycles. The van der Waals surface area contributed by atoms with Gasteiger partial charge in [0, 0.05) is 22.2 Å². The number of carbonyl (C=O) groups is 2. The molecule has 0 aliphatic rings. The molecule has 2 heterocycles. The highest BCUT2D eigenvalue weighted by Gasteiger charge is 2.25. The number of hydrogen-bond acceptors (Lipinski definition) is 5. The highest BCUT2D eigenvalue weighted by atomic mass is 16.7. The van der Waals surface area contributed by atoms with Crippen molar-refractivity contribution in [2.45, 2.75) is 20.8 Å². The summed E-state index contributed by atoms with van der Waals surface area (Å²) in [6.07, 6.45) is 1.55. The number of imidazole rings is 1. The number of aromatic amines is 1. The van der Waals surface area contributed by atoms with Crippen LogP contribution in [-0.2, 0) is 4.79 Å². The van der Waals surface area contributed by atoms with Gasteiger partial charge in [-0.15, -0.1) is 4.73 Å². The van der Waals surface area contributed by atoms with Gasteiger partial charge in [0.25, 0.3) is 5.91 Å². The Morgan fingerprint density at radius 3 is 2.48 bits per heavy atom. The molecule has 4 rings (SSSR count). The molecule has 158 valence electrons. The molecule has 31 heavy (non-hydrogen) atoms. The Morgan fingerprint density at radius 1 is 1.10 bits per heavy atom. The molecule has 0 saturated carbocycles. The Hall–Kier alpha value is -4.07. The third-order valence-corrected chi connectivity index (χ3v) is 4.71. The van der Waals surface area contributed by atoms with Gasteiger partial charge in [-0.3, -0.25) is 4.79 Å². The van der Waals surface area contributed by atoms with E-state index in [-0.39, 0.29) is 11.9 Å². The zero-order valence-electron chi connectivity index (χ0n) is 17.5. The maximum Gasteiger partial charge on any atom is 0.338 e. The van der Waals surface area contributed by atoms with E-state index in [1.807, 2.05) is 30.3 Å². The average Bonchev–Trinajstić information content (AvgIpc) is 3.32. The van der Waals surface area contributed by atoms with Crippen LogP contribution in [0.5, 0.6) is 0 Å². The first kappa shape index (κ1) is 20.2. The van der Waals surface area contributed by atoms with Crippen molar-refractivity contribution in [2.75, 3.05) is 11.1 Å². The lowest BCUT2D eigenvalue weighted by Crippen LogP contribution is -2.31. The molecule has 1 amide bonds. The van der Waals surface area contributed by atoms with E-state index in [4.69, 9.17) is 10.6 Å². The predicted molar refractivity (Wildman–Crippen MR) is 119 cm³/mol. The number of nitrogens with two attached hydrogens (primary N) is 1. The molecule has 0 bridgehead atoms. The largest absolute Gasteiger partial charge is 0.367 e.